The van der Waals surface area contributed by atoms with Crippen LogP contribution in [-0.4, -0.2) is 31.2 Å². The van der Waals surface area contributed by atoms with Crippen molar-refractivity contribution >= 4 is 11.7 Å². The van der Waals surface area contributed by atoms with Crippen LogP contribution < -0.4 is 10.6 Å². The van der Waals surface area contributed by atoms with Crippen LogP contribution in [0, 0.1) is 6.92 Å². The zero-order valence-electron chi connectivity index (χ0n) is 12.9. The van der Waals surface area contributed by atoms with Crippen LogP contribution in [-0.2, 0) is 11.3 Å². The normalized spacial score (nSPS) is 10.3. The van der Waals surface area contributed by atoms with Crippen LogP contribution in [0.15, 0.2) is 42.6 Å². The van der Waals surface area contributed by atoms with Gasteiger partial charge in [0, 0.05) is 26.4 Å². The van der Waals surface area contributed by atoms with Gasteiger partial charge in [0.25, 0.3) is 5.91 Å². The molecule has 0 aliphatic carbocycles. The fraction of sp³-hybridized carbons (Fsp3) is 0.294. The van der Waals surface area contributed by atoms with Gasteiger partial charge < -0.3 is 15.4 Å². The Morgan fingerprint density at radius 3 is 2.82 bits per heavy atom. The second-order valence-electron chi connectivity index (χ2n) is 5.02. The third-order valence-electron chi connectivity index (χ3n) is 3.17. The molecule has 0 saturated carbocycles. The van der Waals surface area contributed by atoms with Crippen molar-refractivity contribution in [3.05, 3.63) is 59.3 Å². The molecule has 1 aromatic heterocycles. The number of anilines is 1. The molecule has 0 unspecified atom stereocenters. The largest absolute Gasteiger partial charge is 0.383 e. The summed E-state index contributed by atoms with van der Waals surface area (Å²) in [6, 6.07) is 11.9. The molecule has 2 N–H and O–H groups in total. The maximum Gasteiger partial charge on any atom is 0.252 e. The van der Waals surface area contributed by atoms with E-state index in [4.69, 9.17) is 4.74 Å². The molecule has 2 rings (SSSR count). The van der Waals surface area contributed by atoms with E-state index in [1.807, 2.05) is 6.07 Å². The molecular formula is C17H21N3O2. The molecule has 22 heavy (non-hydrogen) atoms. The highest BCUT2D eigenvalue weighted by Crippen LogP contribution is 2.09. The first kappa shape index (κ1) is 16.0. The Bertz CT molecular complexity index is 612. The second-order valence-corrected chi connectivity index (χ2v) is 5.02. The maximum absolute atomic E-state index is 11.8. The molecule has 5 nitrogen and oxygen atoms in total. The minimum atomic E-state index is -0.144. The maximum atomic E-state index is 11.8. The quantitative estimate of drug-likeness (QED) is 0.771. The van der Waals surface area contributed by atoms with Gasteiger partial charge in [0.2, 0.25) is 0 Å². The van der Waals surface area contributed by atoms with Crippen LogP contribution in [0.5, 0.6) is 0 Å². The van der Waals surface area contributed by atoms with E-state index >= 15 is 0 Å². The smallest absolute Gasteiger partial charge is 0.252 e. The highest BCUT2D eigenvalue weighted by atomic mass is 16.5. The van der Waals surface area contributed by atoms with Crippen LogP contribution in [0.3, 0.4) is 0 Å². The van der Waals surface area contributed by atoms with E-state index in [2.05, 4.69) is 40.7 Å². The molecule has 2 aromatic rings. The summed E-state index contributed by atoms with van der Waals surface area (Å²) < 4.78 is 4.89. The number of amides is 1. The van der Waals surface area contributed by atoms with E-state index in [0.29, 0.717) is 25.3 Å². The Hall–Kier alpha value is -2.40. The number of ether oxygens (including phenoxy) is 1. The highest BCUT2D eigenvalue weighted by Gasteiger charge is 2.05. The Labute approximate surface area is 130 Å². The molecule has 0 radical (unpaired) electrons. The van der Waals surface area contributed by atoms with Gasteiger partial charge in [0.15, 0.2) is 0 Å². The van der Waals surface area contributed by atoms with Gasteiger partial charge in [-0.25, -0.2) is 4.98 Å². The SMILES string of the molecule is COCCNC(=O)c1ccc(NCc2cccc(C)c2)nc1. The molecule has 0 spiro atoms. The Balaban J connectivity index is 1.87. The first-order chi connectivity index (χ1) is 10.7. The number of rotatable bonds is 7. The van der Waals surface area contributed by atoms with E-state index in [1.54, 1.807) is 25.4 Å². The number of hydrogen-bond acceptors (Lipinski definition) is 4. The molecule has 0 atom stereocenters. The lowest BCUT2D eigenvalue weighted by atomic mass is 10.1. The van der Waals surface area contributed by atoms with Crippen molar-refractivity contribution in [2.75, 3.05) is 25.6 Å². The van der Waals surface area contributed by atoms with Crippen molar-refractivity contribution in [2.45, 2.75) is 13.5 Å². The molecule has 1 aromatic carbocycles. The summed E-state index contributed by atoms with van der Waals surface area (Å²) in [5.74, 6) is 0.602. The summed E-state index contributed by atoms with van der Waals surface area (Å²) in [6.45, 7) is 3.75. The summed E-state index contributed by atoms with van der Waals surface area (Å²) in [7, 11) is 1.60. The van der Waals surface area contributed by atoms with Crippen molar-refractivity contribution in [1.82, 2.24) is 10.3 Å². The predicted molar refractivity (Wildman–Crippen MR) is 87.0 cm³/mol. The number of aryl methyl sites for hydroxylation is 1. The van der Waals surface area contributed by atoms with E-state index < -0.39 is 0 Å². The summed E-state index contributed by atoms with van der Waals surface area (Å²) >= 11 is 0. The third-order valence-corrected chi connectivity index (χ3v) is 3.17. The monoisotopic (exact) mass is 299 g/mol. The summed E-state index contributed by atoms with van der Waals surface area (Å²) in [5.41, 5.74) is 2.97. The van der Waals surface area contributed by atoms with Crippen molar-refractivity contribution in [3.63, 3.8) is 0 Å². The van der Waals surface area contributed by atoms with Crippen LogP contribution >= 0.6 is 0 Å². The lowest BCUT2D eigenvalue weighted by Crippen LogP contribution is -2.27. The highest BCUT2D eigenvalue weighted by molar-refractivity contribution is 5.94. The van der Waals surface area contributed by atoms with Crippen LogP contribution in [0.1, 0.15) is 21.5 Å². The third kappa shape index (κ3) is 4.86. The number of carbonyl (C=O) groups excluding carboxylic acids is 1. The summed E-state index contributed by atoms with van der Waals surface area (Å²) in [6.07, 6.45) is 1.57. The number of pyridine rings is 1. The minimum Gasteiger partial charge on any atom is -0.383 e. The van der Waals surface area contributed by atoms with E-state index in [0.717, 1.165) is 5.82 Å². The number of nitrogens with zero attached hydrogens (tertiary/aromatic N) is 1. The molecule has 116 valence electrons. The average molecular weight is 299 g/mol. The second kappa shape index (κ2) is 8.14. The molecule has 5 heteroatoms. The zero-order chi connectivity index (χ0) is 15.8. The first-order valence-electron chi connectivity index (χ1n) is 7.21. The van der Waals surface area contributed by atoms with Crippen molar-refractivity contribution in [3.8, 4) is 0 Å². The molecule has 0 saturated heterocycles. The van der Waals surface area contributed by atoms with Gasteiger partial charge in [-0.2, -0.15) is 0 Å². The Morgan fingerprint density at radius 2 is 2.14 bits per heavy atom. The van der Waals surface area contributed by atoms with Crippen molar-refractivity contribution < 1.29 is 9.53 Å². The van der Waals surface area contributed by atoms with Gasteiger partial charge >= 0.3 is 0 Å². The lowest BCUT2D eigenvalue weighted by Gasteiger charge is -2.08. The van der Waals surface area contributed by atoms with E-state index in [-0.39, 0.29) is 5.91 Å². The van der Waals surface area contributed by atoms with Gasteiger partial charge in [-0.05, 0) is 24.6 Å². The summed E-state index contributed by atoms with van der Waals surface area (Å²) in [5, 5.41) is 6.00. The fourth-order valence-electron chi connectivity index (χ4n) is 2.02. The zero-order valence-corrected chi connectivity index (χ0v) is 12.9. The number of nitrogens with one attached hydrogen (secondary N) is 2. The van der Waals surface area contributed by atoms with Gasteiger partial charge in [0.05, 0.1) is 12.2 Å². The standard InChI is InChI=1S/C17H21N3O2/c1-13-4-3-5-14(10-13)11-19-16-7-6-15(12-20-16)17(21)18-8-9-22-2/h3-7,10,12H,8-9,11H2,1-2H3,(H,18,21)(H,19,20). The van der Waals surface area contributed by atoms with Crippen LogP contribution in [0.2, 0.25) is 0 Å². The van der Waals surface area contributed by atoms with Gasteiger partial charge in [0.1, 0.15) is 5.82 Å². The Kier molecular flexibility index (Phi) is 5.91. The lowest BCUT2D eigenvalue weighted by molar-refractivity contribution is 0.0937. The van der Waals surface area contributed by atoms with Gasteiger partial charge in [-0.1, -0.05) is 29.8 Å². The van der Waals surface area contributed by atoms with E-state index in [9.17, 15) is 4.79 Å². The predicted octanol–water partition coefficient (Wildman–Crippen LogP) is 2.38. The summed E-state index contributed by atoms with van der Waals surface area (Å²) in [4.78, 5) is 16.1. The molecule has 0 fully saturated rings. The van der Waals surface area contributed by atoms with Crippen molar-refractivity contribution in [1.29, 1.82) is 0 Å². The number of hydrogen-bond donors (Lipinski definition) is 2. The minimum absolute atomic E-state index is 0.144. The Morgan fingerprint density at radius 1 is 1.27 bits per heavy atom. The first-order valence-corrected chi connectivity index (χ1v) is 7.21. The molecule has 1 heterocycles. The number of carbonyl (C=O) groups is 1. The molecule has 0 bridgehead atoms. The molecule has 0 aliphatic rings. The number of methoxy groups -OCH3 is 1. The topological polar surface area (TPSA) is 63.2 Å². The van der Waals surface area contributed by atoms with Gasteiger partial charge in [-0.3, -0.25) is 4.79 Å². The van der Waals surface area contributed by atoms with Crippen LogP contribution in [0.4, 0.5) is 5.82 Å². The number of aromatic nitrogens is 1. The fourth-order valence-corrected chi connectivity index (χ4v) is 2.02. The van der Waals surface area contributed by atoms with Gasteiger partial charge in [-0.15, -0.1) is 0 Å². The average Bonchev–Trinajstić information content (AvgIpc) is 2.54. The van der Waals surface area contributed by atoms with E-state index in [1.165, 1.54) is 11.1 Å². The molecular weight excluding hydrogens is 278 g/mol. The number of benzene rings is 1. The van der Waals surface area contributed by atoms with Crippen molar-refractivity contribution in [2.24, 2.45) is 0 Å². The molecule has 0 aliphatic heterocycles. The molecule has 1 amide bonds. The van der Waals surface area contributed by atoms with Crippen LogP contribution in [0.25, 0.3) is 0 Å².